The van der Waals surface area contributed by atoms with Gasteiger partial charge in [0.2, 0.25) is 0 Å². The van der Waals surface area contributed by atoms with E-state index in [0.29, 0.717) is 0 Å². The monoisotopic (exact) mass is 786 g/mol. The molecule has 6 aromatic rings. The predicted molar refractivity (Wildman–Crippen MR) is 226 cm³/mol. The molecule has 3 heterocycles. The van der Waals surface area contributed by atoms with Gasteiger partial charge in [0.1, 0.15) is 0 Å². The summed E-state index contributed by atoms with van der Waals surface area (Å²) in [6.45, 7) is 0. The summed E-state index contributed by atoms with van der Waals surface area (Å²) in [5, 5.41) is 16.9. The lowest BCUT2D eigenvalue weighted by molar-refractivity contribution is 1.23. The number of hydrogen-bond acceptors (Lipinski definition) is 8. The van der Waals surface area contributed by atoms with Crippen molar-refractivity contribution in [3.8, 4) is 0 Å². The molecule has 46 heavy (non-hydrogen) atoms. The van der Waals surface area contributed by atoms with Crippen LogP contribution in [0.3, 0.4) is 0 Å². The maximum absolute atomic E-state index is 6.43. The van der Waals surface area contributed by atoms with Crippen molar-refractivity contribution < 1.29 is 0 Å². The zero-order chi connectivity index (χ0) is 32.4. The molecule has 0 N–H and O–H groups in total. The molecule has 0 bridgehead atoms. The molecule has 238 valence electrons. The Morgan fingerprint density at radius 1 is 0.457 bits per heavy atom. The highest BCUT2D eigenvalue weighted by Gasteiger charge is 2.26. The molecule has 6 rings (SSSR count). The summed E-state index contributed by atoms with van der Waals surface area (Å²) in [7, 11) is 0. The minimum absolute atomic E-state index is 1.01. The van der Waals surface area contributed by atoms with E-state index in [1.165, 1.54) is 47.3 Å². The molecule has 0 unspecified atom stereocenters. The number of benzene rings is 3. The van der Waals surface area contributed by atoms with E-state index in [2.05, 4.69) is 142 Å². The van der Waals surface area contributed by atoms with Crippen LogP contribution in [0.25, 0.3) is 0 Å². The molecule has 0 fully saturated rings. The maximum Gasteiger partial charge on any atom is 0.0403 e. The second kappa shape index (κ2) is 17.7. The van der Waals surface area contributed by atoms with Crippen molar-refractivity contribution in [1.29, 1.82) is 0 Å². The largest absolute Gasteiger partial charge is 0.152 e. The van der Waals surface area contributed by atoms with Crippen LogP contribution >= 0.6 is 81.4 Å². The van der Waals surface area contributed by atoms with Gasteiger partial charge < -0.3 is 0 Å². The SMILES string of the molecule is CSc1ccc(CP(=S)(Cc2ccc(SC)cc2)Cc2ccc(SC)cc2)cc1.S=P(c1ccsc1)(c1ccsc1)c1ccsc1. The molecule has 3 aromatic heterocycles. The molecule has 0 nitrogen and oxygen atoms in total. The first kappa shape index (κ1) is 36.4. The van der Waals surface area contributed by atoms with Gasteiger partial charge in [-0.2, -0.15) is 34.0 Å². The zero-order valence-corrected chi connectivity index (χ0v) is 34.2. The Balaban J connectivity index is 0.000000207. The lowest BCUT2D eigenvalue weighted by atomic mass is 10.2. The van der Waals surface area contributed by atoms with E-state index in [1.807, 2.05) is 0 Å². The van der Waals surface area contributed by atoms with Crippen molar-refractivity contribution in [2.75, 3.05) is 18.8 Å². The summed E-state index contributed by atoms with van der Waals surface area (Å²) >= 11 is 23.1. The van der Waals surface area contributed by atoms with Crippen molar-refractivity contribution in [3.05, 3.63) is 140 Å². The van der Waals surface area contributed by atoms with Crippen LogP contribution in [0.1, 0.15) is 16.7 Å². The Morgan fingerprint density at radius 2 is 0.739 bits per heavy atom. The van der Waals surface area contributed by atoms with Crippen LogP contribution in [0.2, 0.25) is 0 Å². The summed E-state index contributed by atoms with van der Waals surface area (Å²) in [5.74, 6) is 0. The Labute approximate surface area is 309 Å². The number of rotatable bonds is 12. The van der Waals surface area contributed by atoms with Gasteiger partial charge in [-0.25, -0.2) is 0 Å². The highest BCUT2D eigenvalue weighted by molar-refractivity contribution is 8.25. The molecule has 0 aliphatic carbocycles. The molecular weight excluding hydrogens is 751 g/mol. The average molecular weight is 787 g/mol. The van der Waals surface area contributed by atoms with Crippen LogP contribution in [0.4, 0.5) is 0 Å². The Morgan fingerprint density at radius 3 is 0.957 bits per heavy atom. The number of thioether (sulfide) groups is 3. The third kappa shape index (κ3) is 9.63. The summed E-state index contributed by atoms with van der Waals surface area (Å²) in [6, 6.07) is 30.1. The fraction of sp³-hybridized carbons (Fsp3) is 0.167. The Kier molecular flexibility index (Phi) is 14.0. The quantitative estimate of drug-likeness (QED) is 0.0892. The van der Waals surface area contributed by atoms with Crippen LogP contribution in [-0.2, 0) is 42.1 Å². The Bertz CT molecular complexity index is 1620. The van der Waals surface area contributed by atoms with E-state index in [4.69, 9.17) is 23.6 Å². The standard InChI is InChI=1S/C24H27PS4.C12H9PS4/c1-27-22-10-4-19(5-11-22)16-25(26,17-20-6-12-23(28-2)13-7-20)18-21-8-14-24(29-3)15-9-21;14-13(10-1-4-15-7-10,11-2-5-16-8-11)12-3-6-17-9-12/h4-15H,16-18H2,1-3H3;1-9H. The van der Waals surface area contributed by atoms with Gasteiger partial charge in [-0.15, -0.1) is 35.3 Å². The topological polar surface area (TPSA) is 0 Å². The number of hydrogen-bond donors (Lipinski definition) is 0. The van der Waals surface area contributed by atoms with Gasteiger partial charge >= 0.3 is 0 Å². The van der Waals surface area contributed by atoms with Gasteiger partial charge in [0.15, 0.2) is 0 Å². The molecule has 0 saturated carbocycles. The summed E-state index contributed by atoms with van der Waals surface area (Å²) in [5.41, 5.74) is 4.10. The van der Waals surface area contributed by atoms with Gasteiger partial charge in [0.05, 0.1) is 0 Å². The summed E-state index contributed by atoms with van der Waals surface area (Å²) in [6.07, 6.45) is 9.38. The average Bonchev–Trinajstić information content (AvgIpc) is 3.91. The zero-order valence-electron chi connectivity index (χ0n) is 25.9. The lowest BCUT2D eigenvalue weighted by Crippen LogP contribution is -2.21. The fourth-order valence-electron chi connectivity index (χ4n) is 5.12. The first-order valence-electron chi connectivity index (χ1n) is 14.5. The van der Waals surface area contributed by atoms with Crippen molar-refractivity contribution in [1.82, 2.24) is 0 Å². The molecule has 0 aliphatic heterocycles. The summed E-state index contributed by atoms with van der Waals surface area (Å²) < 4.78 is 0. The lowest BCUT2D eigenvalue weighted by Gasteiger charge is -2.23. The first-order valence-corrected chi connectivity index (χ1v) is 27.2. The third-order valence-electron chi connectivity index (χ3n) is 7.50. The molecule has 0 amide bonds. The highest BCUT2D eigenvalue weighted by atomic mass is 32.4. The van der Waals surface area contributed by atoms with Crippen molar-refractivity contribution in [2.45, 2.75) is 33.2 Å². The van der Waals surface area contributed by atoms with Gasteiger partial charge in [-0.3, -0.25) is 0 Å². The van der Waals surface area contributed by atoms with E-state index < -0.39 is 12.1 Å². The van der Waals surface area contributed by atoms with E-state index in [-0.39, 0.29) is 0 Å². The fourth-order valence-corrected chi connectivity index (χ4v) is 18.3. The molecule has 0 atom stereocenters. The maximum atomic E-state index is 6.43. The molecule has 3 aromatic carbocycles. The minimum Gasteiger partial charge on any atom is -0.152 e. The second-order valence-electron chi connectivity index (χ2n) is 10.6. The first-order chi connectivity index (χ1) is 22.3. The smallest absolute Gasteiger partial charge is 0.0403 e. The van der Waals surface area contributed by atoms with Gasteiger partial charge in [0.25, 0.3) is 0 Å². The van der Waals surface area contributed by atoms with E-state index in [1.54, 1.807) is 69.3 Å². The van der Waals surface area contributed by atoms with E-state index >= 15 is 0 Å². The van der Waals surface area contributed by atoms with E-state index in [9.17, 15) is 0 Å². The van der Waals surface area contributed by atoms with Crippen molar-refractivity contribution in [3.63, 3.8) is 0 Å². The van der Waals surface area contributed by atoms with Gasteiger partial charge in [0, 0.05) is 55.1 Å². The second-order valence-corrected chi connectivity index (χ2v) is 25.4. The van der Waals surface area contributed by atoms with Gasteiger partial charge in [-0.1, -0.05) is 60.0 Å². The van der Waals surface area contributed by atoms with Crippen LogP contribution < -0.4 is 15.9 Å². The molecule has 10 heteroatoms. The van der Waals surface area contributed by atoms with Gasteiger partial charge in [-0.05, 0) is 128 Å². The minimum atomic E-state index is -1.77. The van der Waals surface area contributed by atoms with Crippen LogP contribution in [-0.4, -0.2) is 18.8 Å². The predicted octanol–water partition coefficient (Wildman–Crippen LogP) is 11.9. The molecule has 0 radical (unpaired) electrons. The third-order valence-corrected chi connectivity index (χ3v) is 21.2. The van der Waals surface area contributed by atoms with Crippen LogP contribution in [0, 0.1) is 0 Å². The number of thiophene rings is 3. The van der Waals surface area contributed by atoms with Crippen molar-refractivity contribution in [2.24, 2.45) is 0 Å². The molecule has 0 spiro atoms. The highest BCUT2D eigenvalue weighted by Crippen LogP contribution is 2.55. The van der Waals surface area contributed by atoms with E-state index in [0.717, 1.165) is 18.5 Å². The Hall–Kier alpha value is -0.890. The normalized spacial score (nSPS) is 11.6. The van der Waals surface area contributed by atoms with Crippen LogP contribution in [0.15, 0.2) is 138 Å². The van der Waals surface area contributed by atoms with Crippen LogP contribution in [0.5, 0.6) is 0 Å². The van der Waals surface area contributed by atoms with Crippen molar-refractivity contribution >= 4 is 121 Å². The summed E-state index contributed by atoms with van der Waals surface area (Å²) in [4.78, 5) is 3.92. The molecule has 0 aliphatic rings. The molecular formula is C36H36P2S8. The molecule has 0 saturated heterocycles.